The normalized spacial score (nSPS) is 18.1. The number of aromatic amines is 1. The van der Waals surface area contributed by atoms with E-state index in [2.05, 4.69) is 20.9 Å². The highest BCUT2D eigenvalue weighted by molar-refractivity contribution is 5.57. The molecule has 1 unspecified atom stereocenters. The third kappa shape index (κ3) is 2.99. The van der Waals surface area contributed by atoms with Crippen LogP contribution in [0.5, 0.6) is 11.5 Å². The number of para-hydroxylation sites is 1. The van der Waals surface area contributed by atoms with Gasteiger partial charge in [0.1, 0.15) is 23.4 Å². The van der Waals surface area contributed by atoms with Gasteiger partial charge in [-0.2, -0.15) is 0 Å². The molecule has 0 radical (unpaired) electrons. The van der Waals surface area contributed by atoms with Crippen molar-refractivity contribution in [3.8, 4) is 11.5 Å². The van der Waals surface area contributed by atoms with Crippen LogP contribution in [-0.4, -0.2) is 29.7 Å². The van der Waals surface area contributed by atoms with Crippen LogP contribution in [0.1, 0.15) is 22.8 Å². The number of morpholine rings is 1. The third-order valence-corrected chi connectivity index (χ3v) is 5.21. The molecule has 7 nitrogen and oxygen atoms in total. The van der Waals surface area contributed by atoms with Crippen molar-refractivity contribution < 1.29 is 9.47 Å². The molecule has 3 N–H and O–H groups in total. The summed E-state index contributed by atoms with van der Waals surface area (Å²) < 4.78 is 12.3. The fourth-order valence-electron chi connectivity index (χ4n) is 3.85. The van der Waals surface area contributed by atoms with Gasteiger partial charge in [0.2, 0.25) is 0 Å². The molecule has 1 aromatic heterocycles. The van der Waals surface area contributed by atoms with Crippen molar-refractivity contribution in [1.29, 1.82) is 0 Å². The van der Waals surface area contributed by atoms with E-state index in [1.54, 1.807) is 0 Å². The number of nitrogens with zero attached hydrogens (tertiary/aromatic N) is 2. The first-order chi connectivity index (χ1) is 13.7. The summed E-state index contributed by atoms with van der Waals surface area (Å²) in [5, 5.41) is 0. The smallest absolute Gasteiger partial charge is 0.252 e. The van der Waals surface area contributed by atoms with Gasteiger partial charge in [-0.3, -0.25) is 4.79 Å². The number of aromatic nitrogens is 2. The van der Waals surface area contributed by atoms with Gasteiger partial charge in [0.15, 0.2) is 0 Å². The fraction of sp³-hybridized carbons (Fsp3) is 0.238. The number of nitrogens with one attached hydrogen (secondary N) is 1. The number of fused-ring (bicyclic) bond motifs is 2. The molecule has 3 aromatic rings. The molecule has 1 fully saturated rings. The number of nitrogen functional groups attached to an aromatic ring is 1. The second kappa shape index (κ2) is 6.69. The van der Waals surface area contributed by atoms with Crippen LogP contribution in [0.15, 0.2) is 53.6 Å². The molecule has 0 saturated carbocycles. The molecule has 0 aliphatic carbocycles. The Balaban J connectivity index is 1.46. The van der Waals surface area contributed by atoms with Crippen molar-refractivity contribution in [3.63, 3.8) is 0 Å². The lowest BCUT2D eigenvalue weighted by Gasteiger charge is -2.35. The zero-order valence-corrected chi connectivity index (χ0v) is 15.2. The highest BCUT2D eigenvalue weighted by Crippen LogP contribution is 2.42. The molecule has 7 heteroatoms. The molecule has 5 rings (SSSR count). The number of rotatable bonds is 2. The second-order valence-electron chi connectivity index (χ2n) is 7.06. The van der Waals surface area contributed by atoms with E-state index >= 15 is 0 Å². The van der Waals surface area contributed by atoms with E-state index in [4.69, 9.17) is 15.2 Å². The summed E-state index contributed by atoms with van der Waals surface area (Å²) in [5.41, 5.74) is 9.70. The van der Waals surface area contributed by atoms with Gasteiger partial charge in [-0.05, 0) is 23.8 Å². The van der Waals surface area contributed by atoms with Crippen molar-refractivity contribution in [2.45, 2.75) is 12.5 Å². The zero-order valence-electron chi connectivity index (χ0n) is 15.2. The van der Waals surface area contributed by atoms with Gasteiger partial charge in [0.05, 0.1) is 19.5 Å². The summed E-state index contributed by atoms with van der Waals surface area (Å²) in [5.74, 6) is 2.34. The fourth-order valence-corrected chi connectivity index (χ4v) is 3.85. The van der Waals surface area contributed by atoms with Crippen molar-refractivity contribution in [3.05, 3.63) is 75.8 Å². The maximum Gasteiger partial charge on any atom is 0.252 e. The number of H-pyrrole nitrogens is 1. The minimum absolute atomic E-state index is 0.163. The van der Waals surface area contributed by atoms with Gasteiger partial charge < -0.3 is 25.1 Å². The molecule has 0 amide bonds. The average Bonchev–Trinajstić information content (AvgIpc) is 2.72. The lowest BCUT2D eigenvalue weighted by atomic mass is 9.95. The van der Waals surface area contributed by atoms with Crippen LogP contribution in [0.3, 0.4) is 0 Å². The van der Waals surface area contributed by atoms with E-state index < -0.39 is 0 Å². The Kier molecular flexibility index (Phi) is 4.02. The Bertz CT molecular complexity index is 1100. The molecule has 1 saturated heterocycles. The van der Waals surface area contributed by atoms with Gasteiger partial charge in [0, 0.05) is 35.8 Å². The van der Waals surface area contributed by atoms with E-state index in [0.29, 0.717) is 25.5 Å². The Morgan fingerprint density at radius 2 is 2.11 bits per heavy atom. The van der Waals surface area contributed by atoms with Crippen molar-refractivity contribution in [1.82, 2.24) is 9.97 Å². The van der Waals surface area contributed by atoms with Gasteiger partial charge in [-0.1, -0.05) is 18.2 Å². The number of hydrogen-bond acceptors (Lipinski definition) is 6. The topological polar surface area (TPSA) is 93.5 Å². The van der Waals surface area contributed by atoms with Crippen LogP contribution in [0.4, 0.5) is 11.5 Å². The van der Waals surface area contributed by atoms with Gasteiger partial charge >= 0.3 is 0 Å². The summed E-state index contributed by atoms with van der Waals surface area (Å²) in [4.78, 5) is 20.5. The van der Waals surface area contributed by atoms with Gasteiger partial charge in [-0.25, -0.2) is 4.98 Å². The minimum Gasteiger partial charge on any atom is -0.456 e. The van der Waals surface area contributed by atoms with E-state index in [-0.39, 0.29) is 11.7 Å². The third-order valence-electron chi connectivity index (χ3n) is 5.21. The molecule has 2 aliphatic rings. The predicted octanol–water partition coefficient (Wildman–Crippen LogP) is 2.63. The molecular weight excluding hydrogens is 356 g/mol. The van der Waals surface area contributed by atoms with E-state index in [1.807, 2.05) is 30.3 Å². The summed E-state index contributed by atoms with van der Waals surface area (Å²) in [7, 11) is 0. The molecule has 2 aliphatic heterocycles. The van der Waals surface area contributed by atoms with Crippen molar-refractivity contribution >= 4 is 11.5 Å². The molecule has 2 aromatic carbocycles. The molecule has 28 heavy (non-hydrogen) atoms. The highest BCUT2D eigenvalue weighted by atomic mass is 16.5. The lowest BCUT2D eigenvalue weighted by Crippen LogP contribution is -2.39. The van der Waals surface area contributed by atoms with Crippen molar-refractivity contribution in [2.24, 2.45) is 0 Å². The molecular formula is C21H20N4O3. The van der Waals surface area contributed by atoms with E-state index in [9.17, 15) is 4.79 Å². The standard InChI is InChI=1S/C21H20N4O3/c22-15-4-5-17-14(9-15)8-13-2-1-3-16(21(13)28-17)18-11-25(6-7-27-18)19-10-20(26)24-12-23-19/h1-5,9-10,12,18H,6-8,11,22H2,(H,23,24,26). The summed E-state index contributed by atoms with van der Waals surface area (Å²) in [6.45, 7) is 1.84. The lowest BCUT2D eigenvalue weighted by molar-refractivity contribution is 0.0381. The Morgan fingerprint density at radius 3 is 3.00 bits per heavy atom. The average molecular weight is 376 g/mol. The molecule has 142 valence electrons. The molecule has 0 bridgehead atoms. The van der Waals surface area contributed by atoms with Crippen LogP contribution >= 0.6 is 0 Å². The second-order valence-corrected chi connectivity index (χ2v) is 7.06. The molecule has 1 atom stereocenters. The number of hydrogen-bond donors (Lipinski definition) is 2. The van der Waals surface area contributed by atoms with Crippen LogP contribution < -0.4 is 20.9 Å². The number of nitrogens with two attached hydrogens (primary N) is 1. The first-order valence-corrected chi connectivity index (χ1v) is 9.27. The first-order valence-electron chi connectivity index (χ1n) is 9.27. The highest BCUT2D eigenvalue weighted by Gasteiger charge is 2.29. The quantitative estimate of drug-likeness (QED) is 0.523. The Labute approximate surface area is 161 Å². The Morgan fingerprint density at radius 1 is 1.18 bits per heavy atom. The summed E-state index contributed by atoms with van der Waals surface area (Å²) in [6.07, 6.45) is 2.04. The van der Waals surface area contributed by atoms with Crippen LogP contribution in [-0.2, 0) is 11.2 Å². The van der Waals surface area contributed by atoms with Crippen molar-refractivity contribution in [2.75, 3.05) is 30.3 Å². The monoisotopic (exact) mass is 376 g/mol. The number of benzene rings is 2. The zero-order chi connectivity index (χ0) is 19.1. The van der Waals surface area contributed by atoms with E-state index in [1.165, 1.54) is 12.4 Å². The summed E-state index contributed by atoms with van der Waals surface area (Å²) in [6, 6.07) is 13.4. The van der Waals surface area contributed by atoms with Crippen LogP contribution in [0, 0.1) is 0 Å². The largest absolute Gasteiger partial charge is 0.456 e. The van der Waals surface area contributed by atoms with E-state index in [0.717, 1.165) is 40.3 Å². The SMILES string of the molecule is Nc1ccc2c(c1)Cc1cccc(C3CN(c4cc(=O)[nH]cn4)CCO3)c1O2. The number of anilines is 2. The van der Waals surface area contributed by atoms with Crippen LogP contribution in [0.2, 0.25) is 0 Å². The predicted molar refractivity (Wildman–Crippen MR) is 106 cm³/mol. The van der Waals surface area contributed by atoms with Gasteiger partial charge in [0.25, 0.3) is 5.56 Å². The maximum absolute atomic E-state index is 11.6. The first kappa shape index (κ1) is 16.8. The van der Waals surface area contributed by atoms with Gasteiger partial charge in [-0.15, -0.1) is 0 Å². The minimum atomic E-state index is -0.167. The number of ether oxygens (including phenoxy) is 2. The summed E-state index contributed by atoms with van der Waals surface area (Å²) >= 11 is 0. The Hall–Kier alpha value is -3.32. The maximum atomic E-state index is 11.6. The van der Waals surface area contributed by atoms with Crippen LogP contribution in [0.25, 0.3) is 0 Å². The molecule has 3 heterocycles. The molecule has 0 spiro atoms.